The third-order valence-electron chi connectivity index (χ3n) is 3.01. The summed E-state index contributed by atoms with van der Waals surface area (Å²) in [5.74, 6) is 1.08. The molecule has 7 heteroatoms. The van der Waals surface area contributed by atoms with Crippen molar-refractivity contribution in [3.63, 3.8) is 0 Å². The van der Waals surface area contributed by atoms with Crippen LogP contribution < -0.4 is 21.1 Å². The SMILES string of the molecule is COc1cccc(C(=O)NCCNC(=O)[C@@H](N)CCSC)c1. The first-order valence-corrected chi connectivity index (χ1v) is 8.42. The monoisotopic (exact) mass is 325 g/mol. The van der Waals surface area contributed by atoms with E-state index < -0.39 is 6.04 Å². The maximum Gasteiger partial charge on any atom is 0.251 e. The largest absolute Gasteiger partial charge is 0.497 e. The highest BCUT2D eigenvalue weighted by molar-refractivity contribution is 7.98. The van der Waals surface area contributed by atoms with Gasteiger partial charge in [-0.2, -0.15) is 11.8 Å². The van der Waals surface area contributed by atoms with E-state index in [0.717, 1.165) is 5.75 Å². The summed E-state index contributed by atoms with van der Waals surface area (Å²) in [6, 6.07) is 6.38. The second-order valence-corrected chi connectivity index (χ2v) is 5.65. The van der Waals surface area contributed by atoms with Gasteiger partial charge < -0.3 is 21.1 Å². The van der Waals surface area contributed by atoms with Crippen LogP contribution in [0.5, 0.6) is 5.75 Å². The lowest BCUT2D eigenvalue weighted by molar-refractivity contribution is -0.122. The summed E-state index contributed by atoms with van der Waals surface area (Å²) in [5.41, 5.74) is 6.26. The molecule has 0 spiro atoms. The number of benzene rings is 1. The molecule has 22 heavy (non-hydrogen) atoms. The Morgan fingerprint density at radius 3 is 2.73 bits per heavy atom. The molecule has 0 radical (unpaired) electrons. The smallest absolute Gasteiger partial charge is 0.251 e. The van der Waals surface area contributed by atoms with E-state index >= 15 is 0 Å². The minimum absolute atomic E-state index is 0.190. The highest BCUT2D eigenvalue weighted by Crippen LogP contribution is 2.12. The summed E-state index contributed by atoms with van der Waals surface area (Å²) in [6.45, 7) is 0.693. The molecule has 0 heterocycles. The van der Waals surface area contributed by atoms with Crippen LogP contribution in [0.25, 0.3) is 0 Å². The molecule has 0 saturated carbocycles. The number of amides is 2. The van der Waals surface area contributed by atoms with Crippen LogP contribution in [-0.4, -0.2) is 50.1 Å². The Labute approximate surface area is 135 Å². The Bertz CT molecular complexity index is 497. The third-order valence-corrected chi connectivity index (χ3v) is 3.66. The normalized spacial score (nSPS) is 11.6. The number of nitrogens with one attached hydrogen (secondary N) is 2. The van der Waals surface area contributed by atoms with Gasteiger partial charge in [0.15, 0.2) is 0 Å². The van der Waals surface area contributed by atoms with Gasteiger partial charge in [-0.05, 0) is 36.6 Å². The molecule has 4 N–H and O–H groups in total. The average Bonchev–Trinajstić information content (AvgIpc) is 2.55. The van der Waals surface area contributed by atoms with Crippen LogP contribution in [0, 0.1) is 0 Å². The fourth-order valence-electron chi connectivity index (χ4n) is 1.74. The highest BCUT2D eigenvalue weighted by Gasteiger charge is 2.12. The van der Waals surface area contributed by atoms with E-state index in [9.17, 15) is 9.59 Å². The van der Waals surface area contributed by atoms with E-state index in [1.807, 2.05) is 6.26 Å². The summed E-state index contributed by atoms with van der Waals surface area (Å²) in [6.07, 6.45) is 2.61. The minimum atomic E-state index is -0.499. The van der Waals surface area contributed by atoms with Crippen molar-refractivity contribution < 1.29 is 14.3 Å². The predicted octanol–water partition coefficient (Wildman–Crippen LogP) is 0.622. The fourth-order valence-corrected chi connectivity index (χ4v) is 2.22. The number of rotatable bonds is 9. The first-order valence-electron chi connectivity index (χ1n) is 7.03. The van der Waals surface area contributed by atoms with Crippen LogP contribution in [0.3, 0.4) is 0 Å². The number of carbonyl (C=O) groups excluding carboxylic acids is 2. The van der Waals surface area contributed by atoms with E-state index in [1.54, 1.807) is 43.1 Å². The van der Waals surface area contributed by atoms with Crippen LogP contribution in [-0.2, 0) is 4.79 Å². The summed E-state index contributed by atoms with van der Waals surface area (Å²) >= 11 is 1.65. The van der Waals surface area contributed by atoms with E-state index in [0.29, 0.717) is 30.8 Å². The zero-order valence-corrected chi connectivity index (χ0v) is 13.7. The number of hydrogen-bond donors (Lipinski definition) is 3. The summed E-state index contributed by atoms with van der Waals surface area (Å²) in [7, 11) is 1.55. The van der Waals surface area contributed by atoms with Gasteiger partial charge >= 0.3 is 0 Å². The lowest BCUT2D eigenvalue weighted by Crippen LogP contribution is -2.43. The predicted molar refractivity (Wildman–Crippen MR) is 89.3 cm³/mol. The molecule has 0 unspecified atom stereocenters. The lowest BCUT2D eigenvalue weighted by atomic mass is 10.2. The van der Waals surface area contributed by atoms with Gasteiger partial charge in [0.25, 0.3) is 5.91 Å². The second kappa shape index (κ2) is 10.1. The molecule has 1 aromatic rings. The molecule has 0 aromatic heterocycles. The van der Waals surface area contributed by atoms with E-state index in [4.69, 9.17) is 10.5 Å². The van der Waals surface area contributed by atoms with Gasteiger partial charge in [-0.3, -0.25) is 9.59 Å². The molecule has 122 valence electrons. The molecule has 0 bridgehead atoms. The Kier molecular flexibility index (Phi) is 8.39. The quantitative estimate of drug-likeness (QED) is 0.579. The Balaban J connectivity index is 2.29. The third kappa shape index (κ3) is 6.36. The van der Waals surface area contributed by atoms with Crippen LogP contribution in [0.1, 0.15) is 16.8 Å². The molecule has 1 rings (SSSR count). The van der Waals surface area contributed by atoms with Gasteiger partial charge in [0.1, 0.15) is 5.75 Å². The van der Waals surface area contributed by atoms with Crippen LogP contribution >= 0.6 is 11.8 Å². The first-order chi connectivity index (χ1) is 10.6. The van der Waals surface area contributed by atoms with Crippen LogP contribution in [0.15, 0.2) is 24.3 Å². The summed E-state index contributed by atoms with van der Waals surface area (Å²) in [4.78, 5) is 23.6. The zero-order valence-electron chi connectivity index (χ0n) is 12.9. The van der Waals surface area contributed by atoms with Crippen molar-refractivity contribution in [1.29, 1.82) is 0 Å². The minimum Gasteiger partial charge on any atom is -0.497 e. The van der Waals surface area contributed by atoms with Crippen molar-refractivity contribution in [3.05, 3.63) is 29.8 Å². The van der Waals surface area contributed by atoms with Gasteiger partial charge in [0.05, 0.1) is 13.2 Å². The Morgan fingerprint density at radius 2 is 2.05 bits per heavy atom. The molecular formula is C15H23N3O3S. The van der Waals surface area contributed by atoms with Crippen molar-refractivity contribution in [3.8, 4) is 5.75 Å². The number of hydrogen-bond acceptors (Lipinski definition) is 5. The van der Waals surface area contributed by atoms with Crippen LogP contribution in [0.2, 0.25) is 0 Å². The van der Waals surface area contributed by atoms with Gasteiger partial charge in [-0.25, -0.2) is 0 Å². The van der Waals surface area contributed by atoms with E-state index in [1.165, 1.54) is 0 Å². The lowest BCUT2D eigenvalue weighted by Gasteiger charge is -2.12. The Morgan fingerprint density at radius 1 is 1.32 bits per heavy atom. The molecule has 0 aliphatic heterocycles. The van der Waals surface area contributed by atoms with Gasteiger partial charge in [0.2, 0.25) is 5.91 Å². The van der Waals surface area contributed by atoms with Gasteiger partial charge in [-0.1, -0.05) is 6.07 Å². The van der Waals surface area contributed by atoms with Crippen molar-refractivity contribution in [2.75, 3.05) is 32.2 Å². The molecule has 0 fully saturated rings. The van der Waals surface area contributed by atoms with Crippen molar-refractivity contribution in [2.45, 2.75) is 12.5 Å². The molecule has 0 saturated heterocycles. The Hall–Kier alpha value is -1.73. The standard InChI is InChI=1S/C15H23N3O3S/c1-21-12-5-3-4-11(10-12)14(19)17-7-8-18-15(20)13(16)6-9-22-2/h3-5,10,13H,6-9,16H2,1-2H3,(H,17,19)(H,18,20)/t13-/m0/s1. The summed E-state index contributed by atoms with van der Waals surface area (Å²) < 4.78 is 5.07. The number of nitrogens with two attached hydrogens (primary N) is 1. The van der Waals surface area contributed by atoms with Crippen molar-refractivity contribution in [1.82, 2.24) is 10.6 Å². The molecule has 6 nitrogen and oxygen atoms in total. The van der Waals surface area contributed by atoms with E-state index in [-0.39, 0.29) is 11.8 Å². The molecule has 0 aliphatic rings. The number of ether oxygens (including phenoxy) is 1. The van der Waals surface area contributed by atoms with Gasteiger partial charge in [0, 0.05) is 18.7 Å². The number of thioether (sulfide) groups is 1. The molecule has 0 aliphatic carbocycles. The molecule has 1 aromatic carbocycles. The van der Waals surface area contributed by atoms with Gasteiger partial charge in [-0.15, -0.1) is 0 Å². The topological polar surface area (TPSA) is 93.5 Å². The molecular weight excluding hydrogens is 302 g/mol. The maximum absolute atomic E-state index is 11.9. The van der Waals surface area contributed by atoms with Crippen molar-refractivity contribution in [2.24, 2.45) is 5.73 Å². The summed E-state index contributed by atoms with van der Waals surface area (Å²) in [5, 5.41) is 5.44. The fraction of sp³-hybridized carbons (Fsp3) is 0.467. The first kappa shape index (κ1) is 18.3. The molecule has 2 amide bonds. The zero-order chi connectivity index (χ0) is 16.4. The maximum atomic E-state index is 11.9. The van der Waals surface area contributed by atoms with Crippen molar-refractivity contribution >= 4 is 23.6 Å². The average molecular weight is 325 g/mol. The number of methoxy groups -OCH3 is 1. The van der Waals surface area contributed by atoms with Crippen LogP contribution in [0.4, 0.5) is 0 Å². The number of carbonyl (C=O) groups is 2. The second-order valence-electron chi connectivity index (χ2n) is 4.67. The van der Waals surface area contributed by atoms with E-state index in [2.05, 4.69) is 10.6 Å². The molecule has 1 atom stereocenters. The highest BCUT2D eigenvalue weighted by atomic mass is 32.2.